The van der Waals surface area contributed by atoms with Crippen LogP contribution in [-0.2, 0) is 24.3 Å². The molecule has 0 aromatic carbocycles. The summed E-state index contributed by atoms with van der Waals surface area (Å²) in [5, 5.41) is 0.549. The molecule has 2 atom stereocenters. The molecule has 2 fully saturated rings. The van der Waals surface area contributed by atoms with Crippen LogP contribution < -0.4 is 10.9 Å². The quantitative estimate of drug-likeness (QED) is 0.420. The second-order valence-corrected chi connectivity index (χ2v) is 5.91. The number of nitrogens with zero attached hydrogens (tertiary/aromatic N) is 2. The number of hydrazine groups is 1. The number of carbonyl (C=O) groups excluding carboxylic acids is 3. The van der Waals surface area contributed by atoms with Crippen molar-refractivity contribution in [3.05, 3.63) is 0 Å². The maximum Gasteiger partial charge on any atom is 0.418 e. The Kier molecular flexibility index (Phi) is 4.53. The molecule has 0 aromatic heterocycles. The lowest BCUT2D eigenvalue weighted by Crippen LogP contribution is -2.54. The minimum atomic E-state index is -4.82. The van der Waals surface area contributed by atoms with E-state index in [1.54, 1.807) is 6.92 Å². The minimum Gasteiger partial charge on any atom is -0.309 e. The zero-order valence-electron chi connectivity index (χ0n) is 11.7. The Hall–Kier alpha value is -1.92. The van der Waals surface area contributed by atoms with E-state index in [4.69, 9.17) is 4.55 Å². The van der Waals surface area contributed by atoms with Gasteiger partial charge in [-0.05, 0) is 12.8 Å². The van der Waals surface area contributed by atoms with Crippen molar-refractivity contribution < 1.29 is 31.6 Å². The summed E-state index contributed by atoms with van der Waals surface area (Å²) in [6.45, 7) is 1.70. The lowest BCUT2D eigenvalue weighted by Gasteiger charge is -2.29. The molecule has 2 saturated heterocycles. The van der Waals surface area contributed by atoms with Crippen molar-refractivity contribution in [2.24, 2.45) is 0 Å². The van der Waals surface area contributed by atoms with E-state index in [1.807, 2.05) is 0 Å². The molecule has 0 aliphatic carbocycles. The van der Waals surface area contributed by atoms with E-state index in [0.717, 1.165) is 4.90 Å². The third kappa shape index (κ3) is 3.45. The number of hydrogen-bond acceptors (Lipinski definition) is 6. The van der Waals surface area contributed by atoms with Crippen molar-refractivity contribution in [3.63, 3.8) is 0 Å². The Morgan fingerprint density at radius 2 is 2.05 bits per heavy atom. The highest BCUT2D eigenvalue weighted by molar-refractivity contribution is 7.80. The molecular formula is C10H16N4O7S. The molecule has 2 rings (SSSR count). The predicted molar refractivity (Wildman–Crippen MR) is 70.0 cm³/mol. The van der Waals surface area contributed by atoms with Crippen molar-refractivity contribution in [1.29, 1.82) is 0 Å². The van der Waals surface area contributed by atoms with E-state index in [2.05, 4.69) is 15.1 Å². The minimum absolute atomic E-state index is 0.0914. The number of amides is 4. The lowest BCUT2D eigenvalue weighted by molar-refractivity contribution is -0.131. The molecule has 22 heavy (non-hydrogen) atoms. The number of hydroxylamine groups is 2. The van der Waals surface area contributed by atoms with Crippen LogP contribution in [0.15, 0.2) is 0 Å². The first kappa shape index (κ1) is 16.5. The van der Waals surface area contributed by atoms with Gasteiger partial charge in [0.1, 0.15) is 6.04 Å². The molecule has 124 valence electrons. The zero-order valence-corrected chi connectivity index (χ0v) is 12.5. The van der Waals surface area contributed by atoms with Crippen molar-refractivity contribution in [2.45, 2.75) is 38.3 Å². The van der Waals surface area contributed by atoms with Gasteiger partial charge >= 0.3 is 16.4 Å². The maximum atomic E-state index is 12.1. The van der Waals surface area contributed by atoms with Gasteiger partial charge in [-0.2, -0.15) is 13.5 Å². The summed E-state index contributed by atoms with van der Waals surface area (Å²) in [5.74, 6) is -0.964. The number of nitrogens with one attached hydrogen (secondary N) is 2. The third-order valence-corrected chi connectivity index (χ3v) is 3.80. The second-order valence-electron chi connectivity index (χ2n) is 4.90. The first-order chi connectivity index (χ1) is 10.2. The molecule has 2 heterocycles. The summed E-state index contributed by atoms with van der Waals surface area (Å²) >= 11 is 0. The molecule has 0 saturated carbocycles. The fraction of sp³-hybridized carbons (Fsp3) is 0.700. The molecular weight excluding hydrogens is 320 g/mol. The predicted octanol–water partition coefficient (Wildman–Crippen LogP) is -1.45. The Morgan fingerprint density at radius 1 is 1.36 bits per heavy atom. The van der Waals surface area contributed by atoms with Gasteiger partial charge in [0.2, 0.25) is 5.91 Å². The van der Waals surface area contributed by atoms with Gasteiger partial charge in [-0.15, -0.1) is 4.28 Å². The zero-order chi connectivity index (χ0) is 16.5. The topological polar surface area (TPSA) is 145 Å². The van der Waals surface area contributed by atoms with Gasteiger partial charge in [0.15, 0.2) is 0 Å². The van der Waals surface area contributed by atoms with Crippen molar-refractivity contribution in [3.8, 4) is 0 Å². The average Bonchev–Trinajstić information content (AvgIpc) is 2.68. The van der Waals surface area contributed by atoms with E-state index in [-0.39, 0.29) is 25.3 Å². The SMILES string of the molecule is CCC(=O)NNC(=O)[C@@H]1CCC2CN1C(=O)N2OS(=O)(=O)O. The molecule has 11 nitrogen and oxygen atoms in total. The molecule has 1 unspecified atom stereocenters. The van der Waals surface area contributed by atoms with Crippen LogP contribution in [0.4, 0.5) is 4.79 Å². The van der Waals surface area contributed by atoms with Gasteiger partial charge in [-0.3, -0.25) is 25.0 Å². The summed E-state index contributed by atoms with van der Waals surface area (Å²) in [5.41, 5.74) is 4.40. The maximum absolute atomic E-state index is 12.1. The van der Waals surface area contributed by atoms with Crippen LogP contribution in [0.25, 0.3) is 0 Å². The Labute approximate surface area is 126 Å². The first-order valence-electron chi connectivity index (χ1n) is 6.58. The Morgan fingerprint density at radius 3 is 2.64 bits per heavy atom. The summed E-state index contributed by atoms with van der Waals surface area (Å²) < 4.78 is 34.4. The first-order valence-corrected chi connectivity index (χ1v) is 7.95. The summed E-state index contributed by atoms with van der Waals surface area (Å²) in [6.07, 6.45) is 0.777. The third-order valence-electron chi connectivity index (χ3n) is 3.45. The van der Waals surface area contributed by atoms with E-state index >= 15 is 0 Å². The van der Waals surface area contributed by atoms with Crippen LogP contribution in [0.5, 0.6) is 0 Å². The van der Waals surface area contributed by atoms with Crippen molar-refractivity contribution in [1.82, 2.24) is 20.8 Å². The van der Waals surface area contributed by atoms with Gasteiger partial charge in [0.25, 0.3) is 5.91 Å². The van der Waals surface area contributed by atoms with Crippen LogP contribution in [0, 0.1) is 0 Å². The van der Waals surface area contributed by atoms with Crippen molar-refractivity contribution in [2.75, 3.05) is 6.54 Å². The van der Waals surface area contributed by atoms with E-state index in [9.17, 15) is 22.8 Å². The van der Waals surface area contributed by atoms with Gasteiger partial charge in [0.05, 0.1) is 6.04 Å². The smallest absolute Gasteiger partial charge is 0.309 e. The van der Waals surface area contributed by atoms with E-state index < -0.39 is 34.4 Å². The summed E-state index contributed by atoms with van der Waals surface area (Å²) in [4.78, 5) is 36.3. The highest BCUT2D eigenvalue weighted by Gasteiger charge is 2.49. The largest absolute Gasteiger partial charge is 0.418 e. The van der Waals surface area contributed by atoms with Crippen LogP contribution in [0.1, 0.15) is 26.2 Å². The molecule has 4 amide bonds. The summed E-state index contributed by atoms with van der Waals surface area (Å²) in [7, 11) is -4.82. The van der Waals surface area contributed by atoms with E-state index in [1.165, 1.54) is 0 Å². The van der Waals surface area contributed by atoms with Crippen LogP contribution in [0.3, 0.4) is 0 Å². The molecule has 2 aliphatic heterocycles. The van der Waals surface area contributed by atoms with Crippen LogP contribution >= 0.6 is 0 Å². The van der Waals surface area contributed by atoms with Gasteiger partial charge in [-0.25, -0.2) is 4.79 Å². The van der Waals surface area contributed by atoms with E-state index in [0.29, 0.717) is 11.5 Å². The lowest BCUT2D eigenvalue weighted by atomic mass is 10.0. The highest BCUT2D eigenvalue weighted by Crippen LogP contribution is 2.30. The van der Waals surface area contributed by atoms with Crippen molar-refractivity contribution >= 4 is 28.2 Å². The molecule has 12 heteroatoms. The Bertz CT molecular complexity index is 592. The van der Waals surface area contributed by atoms with Gasteiger partial charge < -0.3 is 4.90 Å². The van der Waals surface area contributed by atoms with Gasteiger partial charge in [-0.1, -0.05) is 6.92 Å². The van der Waals surface area contributed by atoms with Crippen LogP contribution in [0.2, 0.25) is 0 Å². The summed E-state index contributed by atoms with van der Waals surface area (Å²) in [6, 6.07) is -2.25. The fourth-order valence-corrected chi connectivity index (χ4v) is 2.80. The number of rotatable bonds is 4. The number of carbonyl (C=O) groups is 3. The second kappa shape index (κ2) is 6.06. The van der Waals surface area contributed by atoms with Gasteiger partial charge in [0, 0.05) is 13.0 Å². The molecule has 3 N–H and O–H groups in total. The van der Waals surface area contributed by atoms with Crippen LogP contribution in [-0.4, -0.2) is 59.4 Å². The monoisotopic (exact) mass is 336 g/mol. The molecule has 2 aliphatic rings. The normalized spacial score (nSPS) is 24.4. The number of hydrogen-bond donors (Lipinski definition) is 3. The number of urea groups is 1. The fourth-order valence-electron chi connectivity index (χ4n) is 2.41. The Balaban J connectivity index is 2.02. The average molecular weight is 336 g/mol. The molecule has 2 bridgehead atoms. The molecule has 0 spiro atoms. The molecule has 0 radical (unpaired) electrons. The number of piperidine rings is 1. The highest BCUT2D eigenvalue weighted by atomic mass is 32.3. The number of fused-ring (bicyclic) bond motifs is 2. The standard InChI is InChI=1S/C10H16N4O7S/c1-2-8(15)11-12-9(16)7-4-3-6-5-13(7)10(17)14(6)21-22(18,19)20/h6-7H,2-5H2,1H3,(H,11,15)(H,12,16)(H,18,19,20)/t6?,7-/m0/s1. The molecule has 0 aromatic rings.